The highest BCUT2D eigenvalue weighted by atomic mass is 79.9. The van der Waals surface area contributed by atoms with Gasteiger partial charge in [0.25, 0.3) is 0 Å². The van der Waals surface area contributed by atoms with Gasteiger partial charge in [0.15, 0.2) is 5.82 Å². The minimum atomic E-state index is 0.573. The highest BCUT2D eigenvalue weighted by Crippen LogP contribution is 2.32. The standard InChI is InChI=1S/C13H14BrN3O2/c1-15-13-10(14)7-16-12(17-13)9-6-8(18-2)4-5-11(9)19-3/h4-7H,1-3H3,(H,15,16,17). The third-order valence-electron chi connectivity index (χ3n) is 2.63. The fourth-order valence-electron chi connectivity index (χ4n) is 1.66. The summed E-state index contributed by atoms with van der Waals surface area (Å²) >= 11 is 3.38. The summed E-state index contributed by atoms with van der Waals surface area (Å²) < 4.78 is 11.4. The number of methoxy groups -OCH3 is 2. The summed E-state index contributed by atoms with van der Waals surface area (Å²) in [6.45, 7) is 0. The number of aromatic nitrogens is 2. The summed E-state index contributed by atoms with van der Waals surface area (Å²) in [6, 6.07) is 5.51. The van der Waals surface area contributed by atoms with Crippen molar-refractivity contribution in [2.75, 3.05) is 26.6 Å². The molecule has 19 heavy (non-hydrogen) atoms. The molecule has 0 bridgehead atoms. The van der Waals surface area contributed by atoms with E-state index in [1.807, 2.05) is 18.2 Å². The van der Waals surface area contributed by atoms with Crippen molar-refractivity contribution in [2.24, 2.45) is 0 Å². The van der Waals surface area contributed by atoms with Crippen LogP contribution in [0.1, 0.15) is 0 Å². The molecule has 100 valence electrons. The van der Waals surface area contributed by atoms with Gasteiger partial charge in [-0.1, -0.05) is 0 Å². The number of ether oxygens (including phenoxy) is 2. The molecule has 2 rings (SSSR count). The zero-order valence-electron chi connectivity index (χ0n) is 10.9. The van der Waals surface area contributed by atoms with Crippen molar-refractivity contribution in [3.63, 3.8) is 0 Å². The van der Waals surface area contributed by atoms with Crippen molar-refractivity contribution in [3.8, 4) is 22.9 Å². The van der Waals surface area contributed by atoms with E-state index in [9.17, 15) is 0 Å². The average Bonchev–Trinajstić information content (AvgIpc) is 2.47. The Labute approximate surface area is 120 Å². The van der Waals surface area contributed by atoms with Gasteiger partial charge in [0.1, 0.15) is 17.3 Å². The minimum absolute atomic E-state index is 0.573. The molecule has 0 aliphatic heterocycles. The highest BCUT2D eigenvalue weighted by molar-refractivity contribution is 9.10. The molecular weight excluding hydrogens is 310 g/mol. The summed E-state index contributed by atoms with van der Waals surface area (Å²) in [5.41, 5.74) is 0.783. The van der Waals surface area contributed by atoms with Gasteiger partial charge in [0, 0.05) is 13.2 Å². The van der Waals surface area contributed by atoms with Crippen molar-refractivity contribution in [1.29, 1.82) is 0 Å². The van der Waals surface area contributed by atoms with Gasteiger partial charge in [-0.15, -0.1) is 0 Å². The quantitative estimate of drug-likeness (QED) is 0.937. The average molecular weight is 324 g/mol. The SMILES string of the molecule is CNc1nc(-c2cc(OC)ccc2OC)ncc1Br. The number of nitrogens with one attached hydrogen (secondary N) is 1. The Balaban J connectivity index is 2.56. The van der Waals surface area contributed by atoms with E-state index in [0.29, 0.717) is 11.6 Å². The number of hydrogen-bond donors (Lipinski definition) is 1. The van der Waals surface area contributed by atoms with E-state index in [1.165, 1.54) is 0 Å². The molecule has 5 nitrogen and oxygen atoms in total. The van der Waals surface area contributed by atoms with Crippen LogP contribution < -0.4 is 14.8 Å². The summed E-state index contributed by atoms with van der Waals surface area (Å²) in [7, 11) is 5.04. The number of anilines is 1. The van der Waals surface area contributed by atoms with Gasteiger partial charge in [-0.05, 0) is 34.1 Å². The summed E-state index contributed by atoms with van der Waals surface area (Å²) in [5.74, 6) is 2.72. The first-order valence-electron chi connectivity index (χ1n) is 5.62. The van der Waals surface area contributed by atoms with Crippen LogP contribution in [0, 0.1) is 0 Å². The molecule has 0 saturated carbocycles. The van der Waals surface area contributed by atoms with Gasteiger partial charge in [-0.2, -0.15) is 0 Å². The van der Waals surface area contributed by atoms with Crippen LogP contribution in [-0.2, 0) is 0 Å². The lowest BCUT2D eigenvalue weighted by atomic mass is 10.1. The van der Waals surface area contributed by atoms with Crippen LogP contribution in [-0.4, -0.2) is 31.2 Å². The second-order valence-corrected chi connectivity index (χ2v) is 4.56. The predicted molar refractivity (Wildman–Crippen MR) is 77.8 cm³/mol. The topological polar surface area (TPSA) is 56.3 Å². The first-order chi connectivity index (χ1) is 9.19. The normalized spacial score (nSPS) is 10.1. The molecule has 0 spiro atoms. The molecule has 0 unspecified atom stereocenters. The number of halogens is 1. The predicted octanol–water partition coefficient (Wildman–Crippen LogP) is 2.97. The van der Waals surface area contributed by atoms with E-state index in [2.05, 4.69) is 31.2 Å². The molecule has 1 aromatic carbocycles. The molecular formula is C13H14BrN3O2. The summed E-state index contributed by atoms with van der Waals surface area (Å²) in [6.07, 6.45) is 1.70. The molecule has 0 amide bonds. The summed E-state index contributed by atoms with van der Waals surface area (Å²) in [5, 5.41) is 3.00. The largest absolute Gasteiger partial charge is 0.497 e. The van der Waals surface area contributed by atoms with Gasteiger partial charge in [0.05, 0.1) is 24.3 Å². The Bertz CT molecular complexity index is 590. The molecule has 2 aromatic rings. The molecule has 1 aromatic heterocycles. The lowest BCUT2D eigenvalue weighted by Gasteiger charge is -2.10. The van der Waals surface area contributed by atoms with Crippen LogP contribution in [0.5, 0.6) is 11.5 Å². The Morgan fingerprint density at radius 2 is 2.00 bits per heavy atom. The molecule has 0 saturated heterocycles. The zero-order valence-corrected chi connectivity index (χ0v) is 12.5. The fraction of sp³-hybridized carbons (Fsp3) is 0.231. The molecule has 0 atom stereocenters. The third kappa shape index (κ3) is 2.78. The zero-order chi connectivity index (χ0) is 13.8. The van der Waals surface area contributed by atoms with Gasteiger partial charge >= 0.3 is 0 Å². The Kier molecular flexibility index (Phi) is 4.21. The van der Waals surface area contributed by atoms with Crippen LogP contribution in [0.4, 0.5) is 5.82 Å². The first kappa shape index (κ1) is 13.6. The van der Waals surface area contributed by atoms with Crippen molar-refractivity contribution in [1.82, 2.24) is 9.97 Å². The fourth-order valence-corrected chi connectivity index (χ4v) is 2.05. The Hall–Kier alpha value is -1.82. The van der Waals surface area contributed by atoms with E-state index >= 15 is 0 Å². The second-order valence-electron chi connectivity index (χ2n) is 3.71. The number of rotatable bonds is 4. The first-order valence-corrected chi connectivity index (χ1v) is 6.41. The van der Waals surface area contributed by atoms with E-state index in [0.717, 1.165) is 21.6 Å². The molecule has 0 aliphatic rings. The van der Waals surface area contributed by atoms with E-state index in [1.54, 1.807) is 27.5 Å². The second kappa shape index (κ2) is 5.88. The minimum Gasteiger partial charge on any atom is -0.497 e. The van der Waals surface area contributed by atoms with Crippen LogP contribution in [0.2, 0.25) is 0 Å². The van der Waals surface area contributed by atoms with E-state index in [-0.39, 0.29) is 0 Å². The Morgan fingerprint density at radius 1 is 1.21 bits per heavy atom. The van der Waals surface area contributed by atoms with E-state index < -0.39 is 0 Å². The van der Waals surface area contributed by atoms with Crippen LogP contribution >= 0.6 is 15.9 Å². The van der Waals surface area contributed by atoms with Crippen molar-refractivity contribution < 1.29 is 9.47 Å². The molecule has 1 N–H and O–H groups in total. The van der Waals surface area contributed by atoms with Crippen LogP contribution in [0.25, 0.3) is 11.4 Å². The van der Waals surface area contributed by atoms with Crippen LogP contribution in [0.15, 0.2) is 28.9 Å². The van der Waals surface area contributed by atoms with Crippen molar-refractivity contribution in [2.45, 2.75) is 0 Å². The van der Waals surface area contributed by atoms with Gasteiger partial charge < -0.3 is 14.8 Å². The number of hydrogen-bond acceptors (Lipinski definition) is 5. The Morgan fingerprint density at radius 3 is 2.63 bits per heavy atom. The molecule has 0 radical (unpaired) electrons. The van der Waals surface area contributed by atoms with Crippen molar-refractivity contribution >= 4 is 21.7 Å². The number of nitrogens with zero attached hydrogens (tertiary/aromatic N) is 2. The third-order valence-corrected chi connectivity index (χ3v) is 3.21. The maximum absolute atomic E-state index is 5.34. The molecule has 6 heteroatoms. The van der Waals surface area contributed by atoms with Crippen molar-refractivity contribution in [3.05, 3.63) is 28.9 Å². The lowest BCUT2D eigenvalue weighted by molar-refractivity contribution is 0.404. The molecule has 1 heterocycles. The highest BCUT2D eigenvalue weighted by Gasteiger charge is 2.12. The lowest BCUT2D eigenvalue weighted by Crippen LogP contribution is -1.99. The van der Waals surface area contributed by atoms with Gasteiger partial charge in [0.2, 0.25) is 0 Å². The van der Waals surface area contributed by atoms with Crippen LogP contribution in [0.3, 0.4) is 0 Å². The van der Waals surface area contributed by atoms with E-state index in [4.69, 9.17) is 9.47 Å². The molecule has 0 aliphatic carbocycles. The summed E-state index contributed by atoms with van der Waals surface area (Å²) in [4.78, 5) is 8.75. The molecule has 0 fully saturated rings. The smallest absolute Gasteiger partial charge is 0.165 e. The van der Waals surface area contributed by atoms with Gasteiger partial charge in [-0.25, -0.2) is 9.97 Å². The maximum Gasteiger partial charge on any atom is 0.165 e. The van der Waals surface area contributed by atoms with Gasteiger partial charge in [-0.3, -0.25) is 0 Å². The maximum atomic E-state index is 5.34. The monoisotopic (exact) mass is 323 g/mol. The number of benzene rings is 1.